The standard InChI is InChI=1S/C17H12FNO2/c18-15-4-6-17(14(9-15)10-20)21-11-12-3-5-16-13(8-12)2-1-7-19-16/h1-10H,11H2. The van der Waals surface area contributed by atoms with Gasteiger partial charge >= 0.3 is 0 Å². The maximum atomic E-state index is 13.1. The number of ether oxygens (including phenoxy) is 1. The van der Waals surface area contributed by atoms with Crippen LogP contribution < -0.4 is 4.74 Å². The lowest BCUT2D eigenvalue weighted by molar-refractivity contribution is 0.111. The minimum atomic E-state index is -0.457. The fourth-order valence-corrected chi connectivity index (χ4v) is 2.12. The van der Waals surface area contributed by atoms with Crippen LogP contribution in [-0.2, 0) is 6.61 Å². The third-order valence-corrected chi connectivity index (χ3v) is 3.16. The van der Waals surface area contributed by atoms with Gasteiger partial charge < -0.3 is 4.74 Å². The molecule has 0 aliphatic carbocycles. The summed E-state index contributed by atoms with van der Waals surface area (Å²) in [6, 6.07) is 13.5. The van der Waals surface area contributed by atoms with Crippen LogP contribution in [-0.4, -0.2) is 11.3 Å². The summed E-state index contributed by atoms with van der Waals surface area (Å²) in [5, 5.41) is 1.02. The highest BCUT2D eigenvalue weighted by atomic mass is 19.1. The molecule has 0 saturated heterocycles. The maximum Gasteiger partial charge on any atom is 0.153 e. The summed E-state index contributed by atoms with van der Waals surface area (Å²) in [5.41, 5.74) is 2.07. The zero-order valence-electron chi connectivity index (χ0n) is 11.1. The SMILES string of the molecule is O=Cc1cc(F)ccc1OCc1ccc2ncccc2c1. The third kappa shape index (κ3) is 2.89. The maximum absolute atomic E-state index is 13.1. The zero-order valence-corrected chi connectivity index (χ0v) is 11.1. The fourth-order valence-electron chi connectivity index (χ4n) is 2.12. The molecule has 0 aliphatic heterocycles. The van der Waals surface area contributed by atoms with Gasteiger partial charge in [-0.2, -0.15) is 0 Å². The van der Waals surface area contributed by atoms with Gasteiger partial charge in [-0.15, -0.1) is 0 Å². The van der Waals surface area contributed by atoms with Crippen molar-refractivity contribution in [3.05, 3.63) is 71.7 Å². The van der Waals surface area contributed by atoms with Crippen LogP contribution in [0.25, 0.3) is 10.9 Å². The third-order valence-electron chi connectivity index (χ3n) is 3.16. The Labute approximate surface area is 121 Å². The van der Waals surface area contributed by atoms with E-state index in [4.69, 9.17) is 4.74 Å². The van der Waals surface area contributed by atoms with E-state index in [1.54, 1.807) is 6.20 Å². The van der Waals surface area contributed by atoms with Crippen molar-refractivity contribution in [2.45, 2.75) is 6.61 Å². The van der Waals surface area contributed by atoms with Gasteiger partial charge in [0.2, 0.25) is 0 Å². The number of halogens is 1. The molecule has 0 fully saturated rings. The Kier molecular flexibility index (Phi) is 3.60. The monoisotopic (exact) mass is 281 g/mol. The molecule has 0 spiro atoms. The zero-order chi connectivity index (χ0) is 14.7. The highest BCUT2D eigenvalue weighted by Crippen LogP contribution is 2.20. The van der Waals surface area contributed by atoms with Crippen LogP contribution in [0.15, 0.2) is 54.7 Å². The number of carbonyl (C=O) groups is 1. The highest BCUT2D eigenvalue weighted by molar-refractivity contribution is 5.79. The molecule has 3 rings (SSSR count). The van der Waals surface area contributed by atoms with Crippen LogP contribution in [0, 0.1) is 5.82 Å². The molecular formula is C17H12FNO2. The minimum Gasteiger partial charge on any atom is -0.488 e. The van der Waals surface area contributed by atoms with E-state index in [1.165, 1.54) is 12.1 Å². The summed E-state index contributed by atoms with van der Waals surface area (Å²) >= 11 is 0. The van der Waals surface area contributed by atoms with Gasteiger partial charge in [0.05, 0.1) is 11.1 Å². The molecule has 0 saturated carbocycles. The molecule has 0 radical (unpaired) electrons. The van der Waals surface area contributed by atoms with Gasteiger partial charge in [0, 0.05) is 11.6 Å². The van der Waals surface area contributed by atoms with Crippen molar-refractivity contribution in [1.82, 2.24) is 4.98 Å². The highest BCUT2D eigenvalue weighted by Gasteiger charge is 2.05. The Morgan fingerprint density at radius 1 is 1.14 bits per heavy atom. The lowest BCUT2D eigenvalue weighted by Gasteiger charge is -2.09. The topological polar surface area (TPSA) is 39.2 Å². The predicted octanol–water partition coefficient (Wildman–Crippen LogP) is 3.77. The smallest absolute Gasteiger partial charge is 0.153 e. The van der Waals surface area contributed by atoms with Crippen molar-refractivity contribution in [3.63, 3.8) is 0 Å². The summed E-state index contributed by atoms with van der Waals surface area (Å²) in [7, 11) is 0. The second kappa shape index (κ2) is 5.71. The first kappa shape index (κ1) is 13.2. The normalized spacial score (nSPS) is 10.5. The van der Waals surface area contributed by atoms with Gasteiger partial charge in [-0.25, -0.2) is 4.39 Å². The van der Waals surface area contributed by atoms with E-state index in [9.17, 15) is 9.18 Å². The molecule has 0 amide bonds. The van der Waals surface area contributed by atoms with E-state index in [2.05, 4.69) is 4.98 Å². The van der Waals surface area contributed by atoms with Crippen molar-refractivity contribution >= 4 is 17.2 Å². The van der Waals surface area contributed by atoms with Gasteiger partial charge in [-0.1, -0.05) is 12.1 Å². The predicted molar refractivity (Wildman–Crippen MR) is 77.9 cm³/mol. The first-order chi connectivity index (χ1) is 10.3. The quantitative estimate of drug-likeness (QED) is 0.683. The van der Waals surface area contributed by atoms with Crippen molar-refractivity contribution < 1.29 is 13.9 Å². The Hall–Kier alpha value is -2.75. The van der Waals surface area contributed by atoms with E-state index >= 15 is 0 Å². The van der Waals surface area contributed by atoms with E-state index in [1.807, 2.05) is 30.3 Å². The van der Waals surface area contributed by atoms with Crippen LogP contribution in [0.2, 0.25) is 0 Å². The second-order valence-corrected chi connectivity index (χ2v) is 4.62. The molecule has 2 aromatic carbocycles. The Bertz CT molecular complexity index is 802. The van der Waals surface area contributed by atoms with Gasteiger partial charge in [0.25, 0.3) is 0 Å². The summed E-state index contributed by atoms with van der Waals surface area (Å²) in [4.78, 5) is 15.2. The molecule has 1 heterocycles. The van der Waals surface area contributed by atoms with Crippen molar-refractivity contribution in [1.29, 1.82) is 0 Å². The first-order valence-electron chi connectivity index (χ1n) is 6.47. The lowest BCUT2D eigenvalue weighted by Crippen LogP contribution is -1.99. The van der Waals surface area contributed by atoms with Crippen LogP contribution in [0.3, 0.4) is 0 Å². The molecule has 1 aromatic heterocycles. The van der Waals surface area contributed by atoms with Crippen LogP contribution in [0.5, 0.6) is 5.75 Å². The van der Waals surface area contributed by atoms with Gasteiger partial charge in [-0.05, 0) is 42.0 Å². The fraction of sp³-hybridized carbons (Fsp3) is 0.0588. The van der Waals surface area contributed by atoms with E-state index in [0.717, 1.165) is 22.5 Å². The van der Waals surface area contributed by atoms with Gasteiger partial charge in [-0.3, -0.25) is 9.78 Å². The minimum absolute atomic E-state index is 0.206. The van der Waals surface area contributed by atoms with Crippen LogP contribution in [0.1, 0.15) is 15.9 Å². The molecule has 0 aliphatic rings. The number of nitrogens with zero attached hydrogens (tertiary/aromatic N) is 1. The van der Waals surface area contributed by atoms with Crippen molar-refractivity contribution in [3.8, 4) is 5.75 Å². The van der Waals surface area contributed by atoms with Crippen molar-refractivity contribution in [2.75, 3.05) is 0 Å². The number of fused-ring (bicyclic) bond motifs is 1. The number of carbonyl (C=O) groups excluding carboxylic acids is 1. The van der Waals surface area contributed by atoms with Crippen LogP contribution >= 0.6 is 0 Å². The molecule has 0 N–H and O–H groups in total. The lowest BCUT2D eigenvalue weighted by atomic mass is 10.1. The van der Waals surface area contributed by atoms with Gasteiger partial charge in [0.1, 0.15) is 18.2 Å². The van der Waals surface area contributed by atoms with Gasteiger partial charge in [0.15, 0.2) is 6.29 Å². The second-order valence-electron chi connectivity index (χ2n) is 4.62. The molecule has 21 heavy (non-hydrogen) atoms. The summed E-state index contributed by atoms with van der Waals surface area (Å²) in [6.07, 6.45) is 2.33. The summed E-state index contributed by atoms with van der Waals surface area (Å²) in [6.45, 7) is 0.303. The number of rotatable bonds is 4. The van der Waals surface area contributed by atoms with Crippen molar-refractivity contribution in [2.24, 2.45) is 0 Å². The van der Waals surface area contributed by atoms with E-state index < -0.39 is 5.82 Å². The number of hydrogen-bond donors (Lipinski definition) is 0. The average Bonchev–Trinajstić information content (AvgIpc) is 2.53. The molecule has 0 unspecified atom stereocenters. The summed E-state index contributed by atoms with van der Waals surface area (Å²) < 4.78 is 18.7. The largest absolute Gasteiger partial charge is 0.488 e. The number of aldehydes is 1. The molecule has 3 nitrogen and oxygen atoms in total. The number of pyridine rings is 1. The first-order valence-corrected chi connectivity index (χ1v) is 6.47. The number of benzene rings is 2. The Morgan fingerprint density at radius 3 is 2.90 bits per heavy atom. The van der Waals surface area contributed by atoms with E-state index in [0.29, 0.717) is 18.6 Å². The van der Waals surface area contributed by atoms with E-state index in [-0.39, 0.29) is 5.56 Å². The molecule has 0 atom stereocenters. The number of aromatic nitrogens is 1. The molecule has 3 aromatic rings. The molecule has 4 heteroatoms. The number of hydrogen-bond acceptors (Lipinski definition) is 3. The molecular weight excluding hydrogens is 269 g/mol. The average molecular weight is 281 g/mol. The van der Waals surface area contributed by atoms with Crippen LogP contribution in [0.4, 0.5) is 4.39 Å². The Balaban J connectivity index is 1.81. The molecule has 104 valence electrons. The molecule has 0 bridgehead atoms. The summed E-state index contributed by atoms with van der Waals surface area (Å²) in [5.74, 6) is -0.0843. The Morgan fingerprint density at radius 2 is 2.05 bits per heavy atom.